The molecule has 0 saturated heterocycles. The first-order chi connectivity index (χ1) is 7.22. The molecular weight excluding hydrogens is 226 g/mol. The fourth-order valence-corrected chi connectivity index (χ4v) is 2.58. The standard InChI is InChI=1S/C10H17N3S2/c1-6(14-2)5-12-10-8(7-3-4-7)9(11)13-15-10/h6-7,12H,3-5H2,1-2H3,(H2,11,13). The lowest BCUT2D eigenvalue weighted by Crippen LogP contribution is -2.12. The molecule has 0 amide bonds. The van der Waals surface area contributed by atoms with Crippen LogP contribution in [0.5, 0.6) is 0 Å². The molecule has 1 saturated carbocycles. The number of rotatable bonds is 5. The van der Waals surface area contributed by atoms with Gasteiger partial charge in [0, 0.05) is 17.4 Å². The van der Waals surface area contributed by atoms with Crippen LogP contribution in [-0.2, 0) is 0 Å². The molecular formula is C10H17N3S2. The predicted octanol–water partition coefficient (Wildman–Crippen LogP) is 2.77. The Kier molecular flexibility index (Phi) is 3.41. The van der Waals surface area contributed by atoms with Crippen LogP contribution in [0, 0.1) is 0 Å². The summed E-state index contributed by atoms with van der Waals surface area (Å²) in [6.07, 6.45) is 4.68. The molecule has 5 heteroatoms. The van der Waals surface area contributed by atoms with Gasteiger partial charge in [-0.3, -0.25) is 0 Å². The number of anilines is 2. The van der Waals surface area contributed by atoms with Gasteiger partial charge in [-0.05, 0) is 36.5 Å². The highest BCUT2D eigenvalue weighted by Gasteiger charge is 2.30. The van der Waals surface area contributed by atoms with Crippen LogP contribution in [0.4, 0.5) is 10.8 Å². The van der Waals surface area contributed by atoms with E-state index in [-0.39, 0.29) is 0 Å². The molecule has 15 heavy (non-hydrogen) atoms. The summed E-state index contributed by atoms with van der Waals surface area (Å²) < 4.78 is 4.23. The van der Waals surface area contributed by atoms with Crippen LogP contribution < -0.4 is 11.1 Å². The van der Waals surface area contributed by atoms with Gasteiger partial charge in [0.25, 0.3) is 0 Å². The molecule has 1 atom stereocenters. The van der Waals surface area contributed by atoms with Gasteiger partial charge >= 0.3 is 0 Å². The third kappa shape index (κ3) is 2.58. The molecule has 2 rings (SSSR count). The molecule has 0 spiro atoms. The number of thioether (sulfide) groups is 1. The van der Waals surface area contributed by atoms with E-state index in [1.54, 1.807) is 0 Å². The highest BCUT2D eigenvalue weighted by molar-refractivity contribution is 7.99. The van der Waals surface area contributed by atoms with Crippen molar-refractivity contribution in [3.63, 3.8) is 0 Å². The summed E-state index contributed by atoms with van der Waals surface area (Å²) in [5.41, 5.74) is 7.15. The van der Waals surface area contributed by atoms with E-state index in [0.29, 0.717) is 11.2 Å². The summed E-state index contributed by atoms with van der Waals surface area (Å²) in [5, 5.41) is 5.28. The lowest BCUT2D eigenvalue weighted by molar-refractivity contribution is 1.00. The Labute approximate surface area is 99.0 Å². The number of aromatic nitrogens is 1. The van der Waals surface area contributed by atoms with E-state index in [9.17, 15) is 0 Å². The SMILES string of the molecule is CSC(C)CNc1snc(N)c1C1CC1. The van der Waals surface area contributed by atoms with Gasteiger partial charge in [-0.2, -0.15) is 16.1 Å². The third-order valence-corrected chi connectivity index (χ3v) is 4.50. The first kappa shape index (κ1) is 11.1. The summed E-state index contributed by atoms with van der Waals surface area (Å²) in [5.74, 6) is 1.41. The quantitative estimate of drug-likeness (QED) is 0.835. The third-order valence-electron chi connectivity index (χ3n) is 2.69. The van der Waals surface area contributed by atoms with Gasteiger partial charge in [-0.15, -0.1) is 0 Å². The zero-order chi connectivity index (χ0) is 10.8. The minimum atomic E-state index is 0.625. The minimum Gasteiger partial charge on any atom is -0.383 e. The summed E-state index contributed by atoms with van der Waals surface area (Å²) in [7, 11) is 0. The van der Waals surface area contributed by atoms with Crippen LogP contribution in [-0.4, -0.2) is 22.4 Å². The highest BCUT2D eigenvalue weighted by Crippen LogP contribution is 2.47. The van der Waals surface area contributed by atoms with Crippen molar-refractivity contribution in [2.45, 2.75) is 30.9 Å². The van der Waals surface area contributed by atoms with E-state index >= 15 is 0 Å². The smallest absolute Gasteiger partial charge is 0.142 e. The molecule has 1 aromatic rings. The fraction of sp³-hybridized carbons (Fsp3) is 0.700. The van der Waals surface area contributed by atoms with Gasteiger partial charge in [-0.25, -0.2) is 0 Å². The average molecular weight is 243 g/mol. The molecule has 1 unspecified atom stereocenters. The summed E-state index contributed by atoms with van der Waals surface area (Å²) >= 11 is 3.37. The van der Waals surface area contributed by atoms with Crippen LogP contribution in [0.1, 0.15) is 31.2 Å². The van der Waals surface area contributed by atoms with E-state index in [4.69, 9.17) is 5.73 Å². The molecule has 1 aliphatic rings. The van der Waals surface area contributed by atoms with E-state index in [1.807, 2.05) is 11.8 Å². The maximum absolute atomic E-state index is 5.88. The van der Waals surface area contributed by atoms with Crippen LogP contribution in [0.25, 0.3) is 0 Å². The Bertz CT molecular complexity index is 333. The zero-order valence-electron chi connectivity index (χ0n) is 9.12. The molecule has 1 aliphatic carbocycles. The average Bonchev–Trinajstić information content (AvgIpc) is 3.00. The summed E-state index contributed by atoms with van der Waals surface area (Å²) in [6.45, 7) is 3.21. The van der Waals surface area contributed by atoms with Crippen molar-refractivity contribution in [2.75, 3.05) is 23.9 Å². The Morgan fingerprint density at radius 1 is 1.67 bits per heavy atom. The predicted molar refractivity (Wildman–Crippen MR) is 70.0 cm³/mol. The van der Waals surface area contributed by atoms with E-state index < -0.39 is 0 Å². The maximum Gasteiger partial charge on any atom is 0.142 e. The van der Waals surface area contributed by atoms with Crippen LogP contribution in [0.2, 0.25) is 0 Å². The normalized spacial score (nSPS) is 17.7. The lowest BCUT2D eigenvalue weighted by atomic mass is 10.2. The van der Waals surface area contributed by atoms with Gasteiger partial charge < -0.3 is 11.1 Å². The van der Waals surface area contributed by atoms with E-state index in [2.05, 4.69) is 22.9 Å². The van der Waals surface area contributed by atoms with E-state index in [0.717, 1.165) is 12.4 Å². The Morgan fingerprint density at radius 3 is 3.00 bits per heavy atom. The molecule has 3 nitrogen and oxygen atoms in total. The van der Waals surface area contributed by atoms with Crippen molar-refractivity contribution in [3.05, 3.63) is 5.56 Å². The first-order valence-corrected chi connectivity index (χ1v) is 7.30. The maximum atomic E-state index is 5.88. The van der Waals surface area contributed by atoms with Gasteiger partial charge in [0.2, 0.25) is 0 Å². The molecule has 0 bridgehead atoms. The Hall–Kier alpha value is -0.420. The minimum absolute atomic E-state index is 0.625. The lowest BCUT2D eigenvalue weighted by Gasteiger charge is -2.10. The zero-order valence-corrected chi connectivity index (χ0v) is 10.8. The molecule has 84 valence electrons. The summed E-state index contributed by atoms with van der Waals surface area (Å²) in [6, 6.07) is 0. The van der Waals surface area contributed by atoms with Crippen molar-refractivity contribution in [1.82, 2.24) is 4.37 Å². The second-order valence-corrected chi connectivity index (χ2v) is 6.06. The number of nitrogens with one attached hydrogen (secondary N) is 1. The van der Waals surface area contributed by atoms with Gasteiger partial charge in [0.15, 0.2) is 0 Å². The number of hydrogen-bond donors (Lipinski definition) is 2. The number of nitrogens with two attached hydrogens (primary N) is 1. The number of nitrogens with zero attached hydrogens (tertiary/aromatic N) is 1. The van der Waals surface area contributed by atoms with Gasteiger partial charge in [0.05, 0.1) is 0 Å². The largest absolute Gasteiger partial charge is 0.383 e. The number of nitrogen functional groups attached to an aromatic ring is 1. The Morgan fingerprint density at radius 2 is 2.40 bits per heavy atom. The molecule has 1 aromatic heterocycles. The molecule has 0 aromatic carbocycles. The molecule has 0 radical (unpaired) electrons. The van der Waals surface area contributed by atoms with Crippen molar-refractivity contribution in [3.8, 4) is 0 Å². The molecule has 1 fully saturated rings. The van der Waals surface area contributed by atoms with E-state index in [1.165, 1.54) is 34.9 Å². The second-order valence-electron chi connectivity index (χ2n) is 4.01. The van der Waals surface area contributed by atoms with Crippen LogP contribution in [0.15, 0.2) is 0 Å². The Balaban J connectivity index is 2.01. The topological polar surface area (TPSA) is 50.9 Å². The highest BCUT2D eigenvalue weighted by atomic mass is 32.2. The fourth-order valence-electron chi connectivity index (χ4n) is 1.52. The first-order valence-electron chi connectivity index (χ1n) is 5.24. The van der Waals surface area contributed by atoms with Crippen molar-refractivity contribution >= 4 is 34.1 Å². The summed E-state index contributed by atoms with van der Waals surface area (Å²) in [4.78, 5) is 0. The monoisotopic (exact) mass is 243 g/mol. The van der Waals surface area contributed by atoms with Gasteiger partial charge in [0.1, 0.15) is 10.8 Å². The van der Waals surface area contributed by atoms with Gasteiger partial charge in [-0.1, -0.05) is 6.92 Å². The van der Waals surface area contributed by atoms with Crippen molar-refractivity contribution in [2.24, 2.45) is 0 Å². The van der Waals surface area contributed by atoms with Crippen LogP contribution >= 0.6 is 23.3 Å². The molecule has 1 heterocycles. The van der Waals surface area contributed by atoms with Crippen LogP contribution in [0.3, 0.4) is 0 Å². The van der Waals surface area contributed by atoms with Crippen molar-refractivity contribution in [1.29, 1.82) is 0 Å². The number of hydrogen-bond acceptors (Lipinski definition) is 5. The molecule has 0 aliphatic heterocycles. The second kappa shape index (κ2) is 4.61. The molecule has 3 N–H and O–H groups in total. The van der Waals surface area contributed by atoms with Crippen molar-refractivity contribution < 1.29 is 0 Å².